The standard InChI is InChI=1S/C44H85NO5/c1-3-5-7-9-11-13-15-17-18-19-20-22-24-26-31-35-39-44(49)50-41(36-32-28-25-23-21-16-14-12-10-8-6-4-2)37-33-29-27-30-34-38-42(46)45-40-43(47)48/h41H,3-40H2,1-2H3,(H,45,46)(H,47,48). The number of carbonyl (C=O) groups is 3. The predicted octanol–water partition coefficient (Wildman–Crippen LogP) is 13.6. The molecule has 6 nitrogen and oxygen atoms in total. The van der Waals surface area contributed by atoms with Crippen LogP contribution in [-0.2, 0) is 19.1 Å². The second kappa shape index (κ2) is 40.2. The molecule has 0 heterocycles. The van der Waals surface area contributed by atoms with Gasteiger partial charge in [0.25, 0.3) is 0 Å². The average molecular weight is 708 g/mol. The van der Waals surface area contributed by atoms with Crippen molar-refractivity contribution in [2.75, 3.05) is 6.54 Å². The van der Waals surface area contributed by atoms with E-state index >= 15 is 0 Å². The molecular weight excluding hydrogens is 622 g/mol. The van der Waals surface area contributed by atoms with Crippen molar-refractivity contribution in [1.29, 1.82) is 0 Å². The summed E-state index contributed by atoms with van der Waals surface area (Å²) in [5, 5.41) is 11.1. The molecule has 0 aromatic carbocycles. The molecule has 0 saturated heterocycles. The van der Waals surface area contributed by atoms with Gasteiger partial charge in [-0.25, -0.2) is 0 Å². The number of esters is 1. The van der Waals surface area contributed by atoms with Crippen molar-refractivity contribution >= 4 is 17.8 Å². The number of amides is 1. The van der Waals surface area contributed by atoms with E-state index in [2.05, 4.69) is 19.2 Å². The van der Waals surface area contributed by atoms with Gasteiger partial charge in [-0.15, -0.1) is 0 Å². The summed E-state index contributed by atoms with van der Waals surface area (Å²) in [6.07, 6.45) is 45.1. The van der Waals surface area contributed by atoms with Crippen molar-refractivity contribution in [3.63, 3.8) is 0 Å². The van der Waals surface area contributed by atoms with Crippen molar-refractivity contribution in [3.05, 3.63) is 0 Å². The Morgan fingerprint density at radius 1 is 0.440 bits per heavy atom. The van der Waals surface area contributed by atoms with Crippen LogP contribution >= 0.6 is 0 Å². The molecule has 0 saturated carbocycles. The summed E-state index contributed by atoms with van der Waals surface area (Å²) in [4.78, 5) is 35.0. The Balaban J connectivity index is 4.08. The number of carboxylic acids is 1. The molecule has 0 aromatic rings. The molecule has 0 aliphatic rings. The lowest BCUT2D eigenvalue weighted by Crippen LogP contribution is -2.28. The predicted molar refractivity (Wildman–Crippen MR) is 213 cm³/mol. The molecule has 1 atom stereocenters. The Hall–Kier alpha value is -1.59. The van der Waals surface area contributed by atoms with Crippen LogP contribution in [0.15, 0.2) is 0 Å². The number of unbranched alkanes of at least 4 members (excludes halogenated alkanes) is 30. The summed E-state index contributed by atoms with van der Waals surface area (Å²) < 4.78 is 6.04. The fraction of sp³-hybridized carbons (Fsp3) is 0.932. The van der Waals surface area contributed by atoms with Crippen LogP contribution in [0.25, 0.3) is 0 Å². The Labute approximate surface area is 310 Å². The molecule has 0 radical (unpaired) electrons. The molecule has 0 aliphatic carbocycles. The molecule has 0 bridgehead atoms. The average Bonchev–Trinajstić information content (AvgIpc) is 3.10. The molecule has 296 valence electrons. The zero-order valence-corrected chi connectivity index (χ0v) is 33.5. The van der Waals surface area contributed by atoms with Crippen molar-refractivity contribution in [1.82, 2.24) is 5.32 Å². The van der Waals surface area contributed by atoms with E-state index in [1.165, 1.54) is 161 Å². The number of hydrogen-bond acceptors (Lipinski definition) is 4. The molecule has 0 rings (SSSR count). The Bertz CT molecular complexity index is 742. The highest BCUT2D eigenvalue weighted by Gasteiger charge is 2.14. The van der Waals surface area contributed by atoms with Gasteiger partial charge in [0.05, 0.1) is 0 Å². The third kappa shape index (κ3) is 39.2. The van der Waals surface area contributed by atoms with Gasteiger partial charge in [-0.3, -0.25) is 14.4 Å². The van der Waals surface area contributed by atoms with Gasteiger partial charge in [0.1, 0.15) is 12.6 Å². The fourth-order valence-electron chi connectivity index (χ4n) is 6.99. The first-order valence-electron chi connectivity index (χ1n) is 22.2. The largest absolute Gasteiger partial charge is 0.480 e. The molecule has 0 aliphatic heterocycles. The van der Waals surface area contributed by atoms with E-state index in [-0.39, 0.29) is 24.5 Å². The van der Waals surface area contributed by atoms with E-state index < -0.39 is 5.97 Å². The molecule has 1 amide bonds. The minimum absolute atomic E-state index is 0.00771. The summed E-state index contributed by atoms with van der Waals surface area (Å²) in [5.74, 6) is -1.21. The molecule has 50 heavy (non-hydrogen) atoms. The number of rotatable bonds is 41. The van der Waals surface area contributed by atoms with Crippen molar-refractivity contribution < 1.29 is 24.2 Å². The topological polar surface area (TPSA) is 92.7 Å². The molecular formula is C44H85NO5. The second-order valence-electron chi connectivity index (χ2n) is 15.3. The van der Waals surface area contributed by atoms with Gasteiger partial charge in [0, 0.05) is 12.8 Å². The third-order valence-corrected chi connectivity index (χ3v) is 10.3. The lowest BCUT2D eigenvalue weighted by molar-refractivity contribution is -0.150. The maximum Gasteiger partial charge on any atom is 0.322 e. The van der Waals surface area contributed by atoms with Crippen LogP contribution in [0.2, 0.25) is 0 Å². The monoisotopic (exact) mass is 708 g/mol. The van der Waals surface area contributed by atoms with E-state index in [1.807, 2.05) is 0 Å². The number of carbonyl (C=O) groups excluding carboxylic acids is 2. The summed E-state index contributed by atoms with van der Waals surface area (Å²) in [6.45, 7) is 4.25. The van der Waals surface area contributed by atoms with Crippen LogP contribution in [0.4, 0.5) is 0 Å². The normalized spacial score (nSPS) is 11.9. The highest BCUT2D eigenvalue weighted by molar-refractivity contribution is 5.80. The van der Waals surface area contributed by atoms with Gasteiger partial charge in [0.15, 0.2) is 0 Å². The van der Waals surface area contributed by atoms with Crippen molar-refractivity contribution in [2.45, 2.75) is 258 Å². The minimum atomic E-state index is -1.01. The number of hydrogen-bond donors (Lipinski definition) is 2. The smallest absolute Gasteiger partial charge is 0.322 e. The number of nitrogens with one attached hydrogen (secondary N) is 1. The van der Waals surface area contributed by atoms with E-state index in [9.17, 15) is 14.4 Å². The highest BCUT2D eigenvalue weighted by atomic mass is 16.5. The molecule has 0 spiro atoms. The van der Waals surface area contributed by atoms with E-state index in [0.29, 0.717) is 12.8 Å². The first-order chi connectivity index (χ1) is 24.5. The van der Waals surface area contributed by atoms with Crippen LogP contribution in [-0.4, -0.2) is 35.6 Å². The first-order valence-corrected chi connectivity index (χ1v) is 22.2. The number of ether oxygens (including phenoxy) is 1. The fourth-order valence-corrected chi connectivity index (χ4v) is 6.99. The quantitative estimate of drug-likeness (QED) is 0.0487. The number of carboxylic acid groups (broad SMARTS) is 1. The van der Waals surface area contributed by atoms with Crippen LogP contribution in [0.5, 0.6) is 0 Å². The number of aliphatic carboxylic acids is 1. The van der Waals surface area contributed by atoms with Crippen LogP contribution < -0.4 is 5.32 Å². The van der Waals surface area contributed by atoms with Gasteiger partial charge < -0.3 is 15.2 Å². The lowest BCUT2D eigenvalue weighted by Gasteiger charge is -2.18. The summed E-state index contributed by atoms with van der Waals surface area (Å²) in [5.41, 5.74) is 0. The molecule has 2 N–H and O–H groups in total. The molecule has 0 aromatic heterocycles. The van der Waals surface area contributed by atoms with Gasteiger partial charge in [-0.2, -0.15) is 0 Å². The van der Waals surface area contributed by atoms with Crippen LogP contribution in [0.3, 0.4) is 0 Å². The minimum Gasteiger partial charge on any atom is -0.480 e. The summed E-state index contributed by atoms with van der Waals surface area (Å²) in [6, 6.07) is 0. The van der Waals surface area contributed by atoms with Gasteiger partial charge in [-0.05, 0) is 38.5 Å². The van der Waals surface area contributed by atoms with Gasteiger partial charge in [0.2, 0.25) is 5.91 Å². The first kappa shape index (κ1) is 48.4. The Morgan fingerprint density at radius 2 is 0.740 bits per heavy atom. The second-order valence-corrected chi connectivity index (χ2v) is 15.3. The summed E-state index contributed by atoms with van der Waals surface area (Å²) >= 11 is 0. The van der Waals surface area contributed by atoms with E-state index in [1.54, 1.807) is 0 Å². The van der Waals surface area contributed by atoms with E-state index in [0.717, 1.165) is 64.2 Å². The van der Waals surface area contributed by atoms with Crippen molar-refractivity contribution in [2.24, 2.45) is 0 Å². The zero-order valence-electron chi connectivity index (χ0n) is 33.5. The highest BCUT2D eigenvalue weighted by Crippen LogP contribution is 2.19. The molecule has 1 unspecified atom stereocenters. The maximum absolute atomic E-state index is 12.8. The van der Waals surface area contributed by atoms with Crippen LogP contribution in [0.1, 0.15) is 251 Å². The van der Waals surface area contributed by atoms with Crippen molar-refractivity contribution in [3.8, 4) is 0 Å². The molecule has 0 fully saturated rings. The van der Waals surface area contributed by atoms with Gasteiger partial charge >= 0.3 is 11.9 Å². The van der Waals surface area contributed by atoms with E-state index in [4.69, 9.17) is 9.84 Å². The van der Waals surface area contributed by atoms with Gasteiger partial charge in [-0.1, -0.05) is 200 Å². The lowest BCUT2D eigenvalue weighted by atomic mass is 10.0. The summed E-state index contributed by atoms with van der Waals surface area (Å²) in [7, 11) is 0. The Kier molecular flexibility index (Phi) is 38.9. The Morgan fingerprint density at radius 3 is 1.08 bits per heavy atom. The maximum atomic E-state index is 12.8. The zero-order chi connectivity index (χ0) is 36.6. The molecule has 6 heteroatoms. The third-order valence-electron chi connectivity index (χ3n) is 10.3. The van der Waals surface area contributed by atoms with Crippen LogP contribution in [0, 0.1) is 0 Å². The SMILES string of the molecule is CCCCCCCCCCCCCCCCCCC(=O)OC(CCCCCCCCCCCCCC)CCCCCCCC(=O)NCC(=O)O.